The fourth-order valence-electron chi connectivity index (χ4n) is 2.93. The number of rotatable bonds is 6. The van der Waals surface area contributed by atoms with Crippen LogP contribution in [0.3, 0.4) is 0 Å². The predicted octanol–water partition coefficient (Wildman–Crippen LogP) is 2.61. The van der Waals surface area contributed by atoms with E-state index in [0.717, 1.165) is 37.3 Å². The maximum Gasteiger partial charge on any atom is 0.236 e. The summed E-state index contributed by atoms with van der Waals surface area (Å²) >= 11 is 0. The van der Waals surface area contributed by atoms with Crippen LogP contribution in [0.2, 0.25) is 0 Å². The van der Waals surface area contributed by atoms with Crippen molar-refractivity contribution in [2.24, 2.45) is 0 Å². The van der Waals surface area contributed by atoms with Crippen molar-refractivity contribution in [3.63, 3.8) is 0 Å². The quantitative estimate of drug-likeness (QED) is 0.890. The van der Waals surface area contributed by atoms with E-state index in [1.165, 1.54) is 0 Å². The zero-order valence-electron chi connectivity index (χ0n) is 13.1. The van der Waals surface area contributed by atoms with Crippen molar-refractivity contribution in [1.82, 2.24) is 9.80 Å². The Morgan fingerprint density at radius 3 is 2.61 bits per heavy atom. The van der Waals surface area contributed by atoms with Crippen molar-refractivity contribution >= 4 is 5.91 Å². The van der Waals surface area contributed by atoms with Gasteiger partial charge in [0.15, 0.2) is 0 Å². The molecule has 0 radical (unpaired) electrons. The number of carbonyl (C=O) groups is 1. The molecule has 1 saturated heterocycles. The Morgan fingerprint density at radius 2 is 1.91 bits per heavy atom. The number of phenolic OH excluding ortho intramolecular Hbond substituents is 1. The highest BCUT2D eigenvalue weighted by Gasteiger charge is 2.21. The van der Waals surface area contributed by atoms with Crippen molar-refractivity contribution in [1.29, 1.82) is 0 Å². The maximum absolute atomic E-state index is 12.5. The van der Waals surface area contributed by atoms with E-state index < -0.39 is 0 Å². The van der Waals surface area contributed by atoms with Gasteiger partial charge in [-0.2, -0.15) is 0 Å². The minimum atomic E-state index is 0.143. The summed E-state index contributed by atoms with van der Waals surface area (Å²) in [5.74, 6) is 1.21. The van der Waals surface area contributed by atoms with E-state index in [1.54, 1.807) is 18.4 Å². The molecule has 0 saturated carbocycles. The second-order valence-electron chi connectivity index (χ2n) is 5.94. The Morgan fingerprint density at radius 1 is 1.13 bits per heavy atom. The van der Waals surface area contributed by atoms with Gasteiger partial charge in [0.05, 0.1) is 19.4 Å². The molecule has 5 heteroatoms. The number of furan rings is 1. The van der Waals surface area contributed by atoms with Crippen molar-refractivity contribution in [2.45, 2.75) is 25.9 Å². The lowest BCUT2D eigenvalue weighted by Crippen LogP contribution is -2.38. The third-order valence-corrected chi connectivity index (χ3v) is 4.16. The van der Waals surface area contributed by atoms with Crippen LogP contribution in [-0.4, -0.2) is 40.4 Å². The maximum atomic E-state index is 12.5. The number of para-hydroxylation sites is 1. The summed E-state index contributed by atoms with van der Waals surface area (Å²) in [5.41, 5.74) is 0.813. The second-order valence-corrected chi connectivity index (χ2v) is 5.94. The summed E-state index contributed by atoms with van der Waals surface area (Å²) in [7, 11) is 0. The molecule has 122 valence electrons. The Labute approximate surface area is 136 Å². The van der Waals surface area contributed by atoms with Crippen molar-refractivity contribution < 1.29 is 14.3 Å². The molecule has 1 aliphatic heterocycles. The molecule has 0 spiro atoms. The fraction of sp³-hybridized carbons (Fsp3) is 0.389. The SMILES string of the molecule is O=C(CN(Cc1ccco1)Cc1ccccc1O)N1CCCC1. The minimum absolute atomic E-state index is 0.143. The third-order valence-electron chi connectivity index (χ3n) is 4.16. The lowest BCUT2D eigenvalue weighted by molar-refractivity contribution is -0.131. The molecule has 1 fully saturated rings. The number of hydrogen-bond donors (Lipinski definition) is 1. The second kappa shape index (κ2) is 7.33. The van der Waals surface area contributed by atoms with Crippen LogP contribution in [0, 0.1) is 0 Å². The molecule has 23 heavy (non-hydrogen) atoms. The summed E-state index contributed by atoms with van der Waals surface area (Å²) in [4.78, 5) is 16.4. The van der Waals surface area contributed by atoms with E-state index >= 15 is 0 Å². The Balaban J connectivity index is 1.70. The van der Waals surface area contributed by atoms with E-state index in [4.69, 9.17) is 4.42 Å². The summed E-state index contributed by atoms with van der Waals surface area (Å²) in [6.07, 6.45) is 3.81. The topological polar surface area (TPSA) is 56.9 Å². The van der Waals surface area contributed by atoms with Crippen LogP contribution >= 0.6 is 0 Å². The van der Waals surface area contributed by atoms with Gasteiger partial charge in [-0.3, -0.25) is 9.69 Å². The molecule has 1 aromatic carbocycles. The van der Waals surface area contributed by atoms with Crippen LogP contribution in [0.5, 0.6) is 5.75 Å². The number of aromatic hydroxyl groups is 1. The first-order valence-corrected chi connectivity index (χ1v) is 8.02. The van der Waals surface area contributed by atoms with Crippen LogP contribution in [0.1, 0.15) is 24.2 Å². The van der Waals surface area contributed by atoms with Crippen LogP contribution in [0.15, 0.2) is 47.1 Å². The third kappa shape index (κ3) is 4.13. The molecule has 0 aliphatic carbocycles. The normalized spacial score (nSPS) is 14.6. The smallest absolute Gasteiger partial charge is 0.236 e. The molecular weight excluding hydrogens is 292 g/mol. The molecule has 2 aromatic rings. The number of carbonyl (C=O) groups excluding carboxylic acids is 1. The number of likely N-dealkylation sites (tertiary alicyclic amines) is 1. The molecule has 1 aliphatic rings. The molecule has 1 N–H and O–H groups in total. The fourth-order valence-corrected chi connectivity index (χ4v) is 2.93. The highest BCUT2D eigenvalue weighted by molar-refractivity contribution is 5.78. The number of nitrogens with zero attached hydrogens (tertiary/aromatic N) is 2. The Hall–Kier alpha value is -2.27. The molecular formula is C18H22N2O3. The van der Waals surface area contributed by atoms with E-state index in [-0.39, 0.29) is 11.7 Å². The monoisotopic (exact) mass is 314 g/mol. The van der Waals surface area contributed by atoms with Crippen molar-refractivity contribution in [2.75, 3.05) is 19.6 Å². The van der Waals surface area contributed by atoms with Gasteiger partial charge in [-0.05, 0) is 31.0 Å². The van der Waals surface area contributed by atoms with Crippen LogP contribution < -0.4 is 0 Å². The lowest BCUT2D eigenvalue weighted by atomic mass is 10.2. The van der Waals surface area contributed by atoms with Gasteiger partial charge in [-0.1, -0.05) is 18.2 Å². The Kier molecular flexibility index (Phi) is 4.98. The first kappa shape index (κ1) is 15.6. The van der Waals surface area contributed by atoms with Gasteiger partial charge in [-0.15, -0.1) is 0 Å². The van der Waals surface area contributed by atoms with E-state index in [9.17, 15) is 9.90 Å². The number of phenols is 1. The average molecular weight is 314 g/mol. The van der Waals surface area contributed by atoms with Crippen molar-refractivity contribution in [3.05, 3.63) is 54.0 Å². The van der Waals surface area contributed by atoms with E-state index in [1.807, 2.05) is 34.1 Å². The summed E-state index contributed by atoms with van der Waals surface area (Å²) in [5, 5.41) is 9.99. The molecule has 3 rings (SSSR count). The zero-order valence-corrected chi connectivity index (χ0v) is 13.1. The van der Waals surface area contributed by atoms with Gasteiger partial charge in [0.25, 0.3) is 0 Å². The van der Waals surface area contributed by atoms with Gasteiger partial charge < -0.3 is 14.4 Å². The molecule has 1 aromatic heterocycles. The Bertz CT molecular complexity index is 633. The first-order chi connectivity index (χ1) is 11.2. The number of hydrogen-bond acceptors (Lipinski definition) is 4. The predicted molar refractivity (Wildman–Crippen MR) is 86.7 cm³/mol. The molecule has 0 bridgehead atoms. The summed E-state index contributed by atoms with van der Waals surface area (Å²) in [6, 6.07) is 11.0. The number of amides is 1. The molecule has 1 amide bonds. The summed E-state index contributed by atoms with van der Waals surface area (Å²) < 4.78 is 5.41. The minimum Gasteiger partial charge on any atom is -0.508 e. The van der Waals surface area contributed by atoms with Gasteiger partial charge in [0, 0.05) is 25.2 Å². The van der Waals surface area contributed by atoms with Gasteiger partial charge in [0.1, 0.15) is 11.5 Å². The molecule has 0 unspecified atom stereocenters. The first-order valence-electron chi connectivity index (χ1n) is 8.02. The van der Waals surface area contributed by atoms with Crippen LogP contribution in [0.25, 0.3) is 0 Å². The standard InChI is InChI=1S/C18H22N2O3/c21-17-8-2-1-6-15(17)12-19(13-16-7-5-11-23-16)14-18(22)20-9-3-4-10-20/h1-2,5-8,11,21H,3-4,9-10,12-14H2. The molecule has 0 atom stereocenters. The molecule has 5 nitrogen and oxygen atoms in total. The average Bonchev–Trinajstić information content (AvgIpc) is 3.22. The van der Waals surface area contributed by atoms with E-state index in [0.29, 0.717) is 19.6 Å². The van der Waals surface area contributed by atoms with Crippen LogP contribution in [0.4, 0.5) is 0 Å². The lowest BCUT2D eigenvalue weighted by Gasteiger charge is -2.24. The van der Waals surface area contributed by atoms with Gasteiger partial charge >= 0.3 is 0 Å². The highest BCUT2D eigenvalue weighted by Crippen LogP contribution is 2.19. The summed E-state index contributed by atoms with van der Waals surface area (Å²) in [6.45, 7) is 3.08. The highest BCUT2D eigenvalue weighted by atomic mass is 16.3. The van der Waals surface area contributed by atoms with Crippen LogP contribution in [-0.2, 0) is 17.9 Å². The number of benzene rings is 1. The van der Waals surface area contributed by atoms with Crippen molar-refractivity contribution in [3.8, 4) is 5.75 Å². The zero-order chi connectivity index (χ0) is 16.1. The largest absolute Gasteiger partial charge is 0.508 e. The molecule has 2 heterocycles. The van der Waals surface area contributed by atoms with Gasteiger partial charge in [0.2, 0.25) is 5.91 Å². The van der Waals surface area contributed by atoms with Gasteiger partial charge in [-0.25, -0.2) is 0 Å². The van der Waals surface area contributed by atoms with E-state index in [2.05, 4.69) is 0 Å².